The van der Waals surface area contributed by atoms with Crippen LogP contribution >= 0.6 is 11.3 Å². The number of nitrogens with zero attached hydrogens (tertiary/aromatic N) is 4. The van der Waals surface area contributed by atoms with Gasteiger partial charge in [-0.15, -0.1) is 0 Å². The van der Waals surface area contributed by atoms with Crippen molar-refractivity contribution in [1.29, 1.82) is 0 Å². The van der Waals surface area contributed by atoms with Crippen LogP contribution in [0, 0.1) is 10.1 Å². The molecule has 34 heavy (non-hydrogen) atoms. The average Bonchev–Trinajstić information content (AvgIpc) is 3.50. The molecular formula is C25H25N5O3S. The van der Waals surface area contributed by atoms with E-state index in [-0.39, 0.29) is 24.1 Å². The van der Waals surface area contributed by atoms with Gasteiger partial charge in [-0.2, -0.15) is 16.4 Å². The van der Waals surface area contributed by atoms with Gasteiger partial charge in [-0.1, -0.05) is 18.2 Å². The van der Waals surface area contributed by atoms with Gasteiger partial charge in [0.15, 0.2) is 0 Å². The Balaban J connectivity index is 1.57. The number of carbonyl (C=O) groups excluding carboxylic acids is 1. The second-order valence-corrected chi connectivity index (χ2v) is 8.88. The molecule has 2 heterocycles. The van der Waals surface area contributed by atoms with Gasteiger partial charge in [0, 0.05) is 36.0 Å². The molecule has 8 nitrogen and oxygen atoms in total. The summed E-state index contributed by atoms with van der Waals surface area (Å²) in [5, 5.41) is 22.9. The van der Waals surface area contributed by atoms with Gasteiger partial charge in [0.25, 0.3) is 5.69 Å². The number of aromatic nitrogens is 2. The van der Waals surface area contributed by atoms with E-state index in [0.29, 0.717) is 17.8 Å². The van der Waals surface area contributed by atoms with E-state index in [1.54, 1.807) is 28.2 Å². The van der Waals surface area contributed by atoms with Crippen molar-refractivity contribution in [2.24, 2.45) is 0 Å². The predicted molar refractivity (Wildman–Crippen MR) is 133 cm³/mol. The molecule has 1 amide bonds. The van der Waals surface area contributed by atoms with E-state index in [0.717, 1.165) is 11.3 Å². The van der Waals surface area contributed by atoms with Gasteiger partial charge < -0.3 is 10.2 Å². The van der Waals surface area contributed by atoms with Gasteiger partial charge in [-0.05, 0) is 60.8 Å². The Morgan fingerprint density at radius 1 is 1.15 bits per heavy atom. The van der Waals surface area contributed by atoms with Crippen molar-refractivity contribution in [1.82, 2.24) is 20.0 Å². The zero-order chi connectivity index (χ0) is 24.1. The normalized spacial score (nSPS) is 12.0. The number of rotatable bonds is 9. The minimum absolute atomic E-state index is 0.00805. The van der Waals surface area contributed by atoms with Crippen LogP contribution in [-0.2, 0) is 11.2 Å². The molecular weight excluding hydrogens is 450 g/mol. The van der Waals surface area contributed by atoms with E-state index in [1.807, 2.05) is 56.0 Å². The van der Waals surface area contributed by atoms with Gasteiger partial charge in [-0.25, -0.2) is 4.68 Å². The van der Waals surface area contributed by atoms with Gasteiger partial charge in [0.05, 0.1) is 28.8 Å². The number of amides is 1. The summed E-state index contributed by atoms with van der Waals surface area (Å²) in [4.78, 5) is 25.6. The summed E-state index contributed by atoms with van der Waals surface area (Å²) in [5.41, 5.74) is 4.12. The minimum atomic E-state index is -0.435. The number of nitro groups is 1. The second-order valence-electron chi connectivity index (χ2n) is 8.10. The molecule has 4 aromatic rings. The highest BCUT2D eigenvalue weighted by Gasteiger charge is 2.19. The van der Waals surface area contributed by atoms with Crippen LogP contribution in [0.5, 0.6) is 0 Å². The number of hydrogen-bond acceptors (Lipinski definition) is 6. The zero-order valence-electron chi connectivity index (χ0n) is 18.9. The van der Waals surface area contributed by atoms with E-state index in [4.69, 9.17) is 5.10 Å². The molecule has 0 saturated heterocycles. The van der Waals surface area contributed by atoms with Crippen molar-refractivity contribution in [2.45, 2.75) is 12.5 Å². The number of non-ortho nitro benzene ring substituents is 1. The van der Waals surface area contributed by atoms with E-state index < -0.39 is 4.92 Å². The smallest absolute Gasteiger partial charge is 0.269 e. The lowest BCUT2D eigenvalue weighted by Gasteiger charge is -2.24. The Bertz CT molecular complexity index is 1250. The Hall–Kier alpha value is -3.82. The first-order valence-corrected chi connectivity index (χ1v) is 11.7. The molecule has 174 valence electrons. The highest BCUT2D eigenvalue weighted by Crippen LogP contribution is 2.26. The first-order chi connectivity index (χ1) is 16.4. The van der Waals surface area contributed by atoms with E-state index >= 15 is 0 Å². The van der Waals surface area contributed by atoms with Crippen molar-refractivity contribution < 1.29 is 9.72 Å². The molecule has 0 fully saturated rings. The van der Waals surface area contributed by atoms with Crippen molar-refractivity contribution in [3.8, 4) is 16.9 Å². The van der Waals surface area contributed by atoms with Gasteiger partial charge in [0.2, 0.25) is 5.91 Å². The third kappa shape index (κ3) is 5.38. The maximum atomic E-state index is 12.9. The summed E-state index contributed by atoms with van der Waals surface area (Å²) >= 11 is 1.63. The topological polar surface area (TPSA) is 93.3 Å². The maximum absolute atomic E-state index is 12.9. The van der Waals surface area contributed by atoms with Gasteiger partial charge in [-0.3, -0.25) is 14.9 Å². The SMILES string of the molecule is CN(C)C(CNC(=O)Cc1cn(-c2ccccc2)nc1-c1ccc([N+](=O)[O-])cc1)c1ccsc1. The van der Waals surface area contributed by atoms with Crippen LogP contribution in [0.1, 0.15) is 17.2 Å². The van der Waals surface area contributed by atoms with Crippen LogP contribution in [0.3, 0.4) is 0 Å². The fourth-order valence-corrected chi connectivity index (χ4v) is 4.45. The molecule has 1 unspecified atom stereocenters. The maximum Gasteiger partial charge on any atom is 0.269 e. The third-order valence-electron chi connectivity index (χ3n) is 5.56. The molecule has 0 saturated carbocycles. The number of thiophene rings is 1. The summed E-state index contributed by atoms with van der Waals surface area (Å²) in [7, 11) is 3.98. The average molecular weight is 476 g/mol. The summed E-state index contributed by atoms with van der Waals surface area (Å²) in [6.45, 7) is 0.488. The predicted octanol–water partition coefficient (Wildman–Crippen LogP) is 4.47. The van der Waals surface area contributed by atoms with Gasteiger partial charge in [0.1, 0.15) is 0 Å². The fraction of sp³-hybridized carbons (Fsp3) is 0.200. The highest BCUT2D eigenvalue weighted by atomic mass is 32.1. The number of para-hydroxylation sites is 1. The molecule has 0 radical (unpaired) electrons. The van der Waals surface area contributed by atoms with Crippen molar-refractivity contribution >= 4 is 22.9 Å². The number of nitrogens with one attached hydrogen (secondary N) is 1. The molecule has 0 aliphatic rings. The lowest BCUT2D eigenvalue weighted by Crippen LogP contribution is -2.35. The molecule has 2 aromatic carbocycles. The first-order valence-electron chi connectivity index (χ1n) is 10.8. The van der Waals surface area contributed by atoms with Crippen LogP contribution in [0.2, 0.25) is 0 Å². The first kappa shape index (κ1) is 23.3. The van der Waals surface area contributed by atoms with Crippen LogP contribution in [-0.4, -0.2) is 46.2 Å². The van der Waals surface area contributed by atoms with E-state index in [2.05, 4.69) is 21.7 Å². The molecule has 0 aliphatic carbocycles. The summed E-state index contributed by atoms with van der Waals surface area (Å²) in [6, 6.07) is 18.0. The Kier molecular flexibility index (Phi) is 7.15. The van der Waals surface area contributed by atoms with Crippen LogP contribution in [0.15, 0.2) is 77.6 Å². The molecule has 0 aliphatic heterocycles. The Morgan fingerprint density at radius 2 is 1.88 bits per heavy atom. The molecule has 9 heteroatoms. The zero-order valence-corrected chi connectivity index (χ0v) is 19.7. The van der Waals surface area contributed by atoms with E-state index in [1.165, 1.54) is 17.7 Å². The van der Waals surface area contributed by atoms with Gasteiger partial charge >= 0.3 is 0 Å². The minimum Gasteiger partial charge on any atom is -0.354 e. The number of carbonyl (C=O) groups is 1. The fourth-order valence-electron chi connectivity index (χ4n) is 3.75. The van der Waals surface area contributed by atoms with Crippen molar-refractivity contribution in [3.05, 3.63) is 98.9 Å². The number of likely N-dealkylation sites (N-methyl/N-ethyl adjacent to an activating group) is 1. The summed E-state index contributed by atoms with van der Waals surface area (Å²) < 4.78 is 1.73. The number of nitro benzene ring substituents is 1. The molecule has 1 N–H and O–H groups in total. The van der Waals surface area contributed by atoms with E-state index in [9.17, 15) is 14.9 Å². The number of benzene rings is 2. The molecule has 0 spiro atoms. The highest BCUT2D eigenvalue weighted by molar-refractivity contribution is 7.08. The quantitative estimate of drug-likeness (QED) is 0.285. The second kappa shape index (κ2) is 10.4. The molecule has 2 aromatic heterocycles. The van der Waals surface area contributed by atoms with Crippen LogP contribution in [0.4, 0.5) is 5.69 Å². The third-order valence-corrected chi connectivity index (χ3v) is 6.26. The molecule has 4 rings (SSSR count). The Labute approximate surface area is 201 Å². The number of hydrogen-bond donors (Lipinski definition) is 1. The molecule has 0 bridgehead atoms. The standard InChI is InChI=1S/C25H25N5O3S/c1-28(2)23(19-12-13-34-17-19)15-26-24(31)14-20-16-29(21-6-4-3-5-7-21)27-25(20)18-8-10-22(11-9-18)30(32)33/h3-13,16-17,23H,14-15H2,1-2H3,(H,26,31). The summed E-state index contributed by atoms with van der Waals surface area (Å²) in [6.07, 6.45) is 1.98. The largest absolute Gasteiger partial charge is 0.354 e. The van der Waals surface area contributed by atoms with Crippen LogP contribution in [0.25, 0.3) is 16.9 Å². The lowest BCUT2D eigenvalue weighted by atomic mass is 10.1. The lowest BCUT2D eigenvalue weighted by molar-refractivity contribution is -0.384. The molecule has 1 atom stereocenters. The Morgan fingerprint density at radius 3 is 2.50 bits per heavy atom. The monoisotopic (exact) mass is 475 g/mol. The summed E-state index contributed by atoms with van der Waals surface area (Å²) in [5.74, 6) is -0.113. The van der Waals surface area contributed by atoms with Crippen molar-refractivity contribution in [3.63, 3.8) is 0 Å². The van der Waals surface area contributed by atoms with Crippen LogP contribution < -0.4 is 5.32 Å². The van der Waals surface area contributed by atoms with Crippen molar-refractivity contribution in [2.75, 3.05) is 20.6 Å².